The minimum atomic E-state index is 0.916. The summed E-state index contributed by atoms with van der Waals surface area (Å²) in [6, 6.07) is 10.4. The monoisotopic (exact) mass is 410 g/mol. The van der Waals surface area contributed by atoms with E-state index in [2.05, 4.69) is 74.2 Å². The van der Waals surface area contributed by atoms with Crippen LogP contribution in [0.3, 0.4) is 0 Å². The first kappa shape index (κ1) is 14.0. The third-order valence-corrected chi connectivity index (χ3v) is 5.73. The fraction of sp³-hybridized carbons (Fsp3) is 0.133. The van der Waals surface area contributed by atoms with Gasteiger partial charge in [0.2, 0.25) is 0 Å². The Morgan fingerprint density at radius 1 is 1.05 bits per heavy atom. The predicted molar refractivity (Wildman–Crippen MR) is 94.2 cm³/mol. The molecule has 0 saturated carbocycles. The van der Waals surface area contributed by atoms with E-state index in [1.165, 1.54) is 15.8 Å². The number of hydrogen-bond donors (Lipinski definition) is 1. The number of thiazole rings is 1. The summed E-state index contributed by atoms with van der Waals surface area (Å²) in [4.78, 5) is 4.62. The van der Waals surface area contributed by atoms with Gasteiger partial charge in [0.15, 0.2) is 5.13 Å². The van der Waals surface area contributed by atoms with Crippen LogP contribution in [0.15, 0.2) is 39.3 Å². The number of anilines is 2. The molecule has 0 saturated heterocycles. The molecule has 2 aromatic carbocycles. The van der Waals surface area contributed by atoms with Gasteiger partial charge in [-0.15, -0.1) is 0 Å². The van der Waals surface area contributed by atoms with Crippen LogP contribution in [0.1, 0.15) is 11.1 Å². The summed E-state index contributed by atoms with van der Waals surface area (Å²) >= 11 is 8.73. The summed E-state index contributed by atoms with van der Waals surface area (Å²) in [7, 11) is 0. The lowest BCUT2D eigenvalue weighted by molar-refractivity contribution is 1.33. The number of rotatable bonds is 2. The number of aryl methyl sites for hydroxylation is 2. The zero-order chi connectivity index (χ0) is 14.3. The fourth-order valence-electron chi connectivity index (χ4n) is 2.10. The van der Waals surface area contributed by atoms with E-state index in [1.54, 1.807) is 11.3 Å². The van der Waals surface area contributed by atoms with E-state index in [9.17, 15) is 0 Å². The second kappa shape index (κ2) is 5.47. The van der Waals surface area contributed by atoms with Crippen molar-refractivity contribution in [3.8, 4) is 0 Å². The van der Waals surface area contributed by atoms with Crippen LogP contribution in [0.25, 0.3) is 10.2 Å². The van der Waals surface area contributed by atoms with Crippen molar-refractivity contribution < 1.29 is 0 Å². The maximum absolute atomic E-state index is 4.62. The summed E-state index contributed by atoms with van der Waals surface area (Å²) in [6.45, 7) is 4.19. The minimum absolute atomic E-state index is 0.916. The summed E-state index contributed by atoms with van der Waals surface area (Å²) < 4.78 is 3.40. The number of benzene rings is 2. The highest BCUT2D eigenvalue weighted by Gasteiger charge is 2.07. The highest BCUT2D eigenvalue weighted by molar-refractivity contribution is 9.10. The number of hydrogen-bond acceptors (Lipinski definition) is 3. The maximum atomic E-state index is 4.62. The van der Waals surface area contributed by atoms with Gasteiger partial charge >= 0.3 is 0 Å². The molecule has 5 heteroatoms. The Bertz CT molecular complexity index is 773. The fourth-order valence-corrected chi connectivity index (χ4v) is 3.54. The zero-order valence-corrected chi connectivity index (χ0v) is 15.0. The average Bonchev–Trinajstić information content (AvgIpc) is 2.77. The molecule has 102 valence electrons. The van der Waals surface area contributed by atoms with Gasteiger partial charge in [-0.25, -0.2) is 4.98 Å². The highest BCUT2D eigenvalue weighted by Crippen LogP contribution is 2.32. The molecule has 0 unspecified atom stereocenters. The molecule has 20 heavy (non-hydrogen) atoms. The quantitative estimate of drug-likeness (QED) is 0.544. The van der Waals surface area contributed by atoms with E-state index < -0.39 is 0 Å². The van der Waals surface area contributed by atoms with Crippen LogP contribution in [0, 0.1) is 13.8 Å². The molecule has 3 aromatic rings. The van der Waals surface area contributed by atoms with Crippen LogP contribution in [0.4, 0.5) is 10.8 Å². The Balaban J connectivity index is 1.96. The van der Waals surface area contributed by atoms with Crippen LogP contribution < -0.4 is 5.32 Å². The van der Waals surface area contributed by atoms with Crippen LogP contribution in [-0.4, -0.2) is 4.98 Å². The van der Waals surface area contributed by atoms with Gasteiger partial charge in [-0.1, -0.05) is 43.2 Å². The lowest BCUT2D eigenvalue weighted by Crippen LogP contribution is -1.92. The van der Waals surface area contributed by atoms with E-state index in [-0.39, 0.29) is 0 Å². The van der Waals surface area contributed by atoms with Crippen LogP contribution in [0.5, 0.6) is 0 Å². The molecular formula is C15H12Br2N2S. The predicted octanol–water partition coefficient (Wildman–Crippen LogP) is 6.18. The van der Waals surface area contributed by atoms with Crippen molar-refractivity contribution >= 4 is 64.2 Å². The average molecular weight is 412 g/mol. The van der Waals surface area contributed by atoms with Crippen LogP contribution >= 0.6 is 43.2 Å². The second-order valence-electron chi connectivity index (χ2n) is 4.68. The molecule has 0 aliphatic heterocycles. The first-order valence-electron chi connectivity index (χ1n) is 6.13. The van der Waals surface area contributed by atoms with E-state index in [0.717, 1.165) is 25.3 Å². The normalized spacial score (nSPS) is 11.0. The van der Waals surface area contributed by atoms with Gasteiger partial charge < -0.3 is 5.32 Å². The first-order valence-corrected chi connectivity index (χ1v) is 8.53. The lowest BCUT2D eigenvalue weighted by Gasteiger charge is -2.08. The second-order valence-corrected chi connectivity index (χ2v) is 7.42. The van der Waals surface area contributed by atoms with Crippen molar-refractivity contribution in [3.63, 3.8) is 0 Å². The van der Waals surface area contributed by atoms with Gasteiger partial charge in [-0.3, -0.25) is 0 Å². The van der Waals surface area contributed by atoms with Crippen molar-refractivity contribution in [2.24, 2.45) is 0 Å². The molecule has 0 atom stereocenters. The van der Waals surface area contributed by atoms with E-state index >= 15 is 0 Å². The maximum Gasteiger partial charge on any atom is 0.188 e. The highest BCUT2D eigenvalue weighted by atomic mass is 79.9. The Morgan fingerprint density at radius 2 is 1.75 bits per heavy atom. The molecule has 0 aliphatic carbocycles. The number of nitrogens with one attached hydrogen (secondary N) is 1. The van der Waals surface area contributed by atoms with Gasteiger partial charge in [-0.05, 0) is 55.3 Å². The molecule has 0 radical (unpaired) electrons. The molecule has 0 fully saturated rings. The van der Waals surface area contributed by atoms with E-state index in [4.69, 9.17) is 0 Å². The third-order valence-electron chi connectivity index (χ3n) is 3.04. The van der Waals surface area contributed by atoms with E-state index in [1.807, 2.05) is 12.1 Å². The number of aromatic nitrogens is 1. The molecule has 0 bridgehead atoms. The van der Waals surface area contributed by atoms with Crippen molar-refractivity contribution in [1.82, 2.24) is 4.98 Å². The molecule has 3 rings (SSSR count). The van der Waals surface area contributed by atoms with Gasteiger partial charge in [0.05, 0.1) is 10.2 Å². The topological polar surface area (TPSA) is 24.9 Å². The lowest BCUT2D eigenvalue weighted by atomic mass is 10.1. The van der Waals surface area contributed by atoms with Crippen molar-refractivity contribution in [1.29, 1.82) is 0 Å². The Hall–Kier alpha value is -0.910. The first-order chi connectivity index (χ1) is 9.52. The Morgan fingerprint density at radius 3 is 2.45 bits per heavy atom. The van der Waals surface area contributed by atoms with Gasteiger partial charge in [0, 0.05) is 14.6 Å². The summed E-state index contributed by atoms with van der Waals surface area (Å²) in [5.74, 6) is 0. The molecule has 0 amide bonds. The SMILES string of the molecule is Cc1cc(Nc2nc3cc(Br)ccc3s2)cc(C)c1Br. The minimum Gasteiger partial charge on any atom is -0.332 e. The zero-order valence-electron chi connectivity index (χ0n) is 11.0. The van der Waals surface area contributed by atoms with Crippen molar-refractivity contribution in [3.05, 3.63) is 50.4 Å². The van der Waals surface area contributed by atoms with Crippen LogP contribution in [0.2, 0.25) is 0 Å². The van der Waals surface area contributed by atoms with Gasteiger partial charge in [0.1, 0.15) is 0 Å². The standard InChI is InChI=1S/C15H12Br2N2S/c1-8-5-11(6-9(2)14(8)17)18-15-19-12-7-10(16)3-4-13(12)20-15/h3-7H,1-2H3,(H,18,19). The van der Waals surface area contributed by atoms with Gasteiger partial charge in [-0.2, -0.15) is 0 Å². The van der Waals surface area contributed by atoms with Crippen molar-refractivity contribution in [2.75, 3.05) is 5.32 Å². The molecular weight excluding hydrogens is 400 g/mol. The Labute approximate surface area is 138 Å². The summed E-state index contributed by atoms with van der Waals surface area (Å²) in [5.41, 5.74) is 4.52. The molecule has 0 aliphatic rings. The molecule has 1 heterocycles. The largest absolute Gasteiger partial charge is 0.332 e. The number of halogens is 2. The summed E-state index contributed by atoms with van der Waals surface area (Å²) in [5, 5.41) is 4.31. The van der Waals surface area contributed by atoms with E-state index in [0.29, 0.717) is 0 Å². The van der Waals surface area contributed by atoms with Gasteiger partial charge in [0.25, 0.3) is 0 Å². The third kappa shape index (κ3) is 2.75. The Kier molecular flexibility index (Phi) is 3.84. The van der Waals surface area contributed by atoms with Crippen molar-refractivity contribution in [2.45, 2.75) is 13.8 Å². The summed E-state index contributed by atoms with van der Waals surface area (Å²) in [6.07, 6.45) is 0. The van der Waals surface area contributed by atoms with Crippen LogP contribution in [-0.2, 0) is 0 Å². The molecule has 0 spiro atoms. The molecule has 1 aromatic heterocycles. The molecule has 1 N–H and O–H groups in total. The molecule has 2 nitrogen and oxygen atoms in total. The number of nitrogens with zero attached hydrogens (tertiary/aromatic N) is 1. The number of fused-ring (bicyclic) bond motifs is 1. The smallest absolute Gasteiger partial charge is 0.188 e.